The van der Waals surface area contributed by atoms with Gasteiger partial charge in [0.25, 0.3) is 0 Å². The van der Waals surface area contributed by atoms with Crippen molar-refractivity contribution in [1.29, 1.82) is 0 Å². The number of pyridine rings is 1. The van der Waals surface area contributed by atoms with Gasteiger partial charge in [0.15, 0.2) is 0 Å². The van der Waals surface area contributed by atoms with E-state index < -0.39 is 0 Å². The molecule has 1 aliphatic rings. The van der Waals surface area contributed by atoms with Crippen molar-refractivity contribution in [3.8, 4) is 0 Å². The fourth-order valence-electron chi connectivity index (χ4n) is 3.21. The van der Waals surface area contributed by atoms with E-state index in [2.05, 4.69) is 53.2 Å². The van der Waals surface area contributed by atoms with Crippen LogP contribution < -0.4 is 5.73 Å². The maximum absolute atomic E-state index is 6.42. The maximum atomic E-state index is 6.42. The van der Waals surface area contributed by atoms with Gasteiger partial charge in [-0.1, -0.05) is 37.3 Å². The van der Waals surface area contributed by atoms with Gasteiger partial charge in [-0.15, -0.1) is 0 Å². The molecule has 2 aromatic rings. The number of nitrogens with zero attached hydrogens (tertiary/aromatic N) is 2. The molecule has 0 spiro atoms. The van der Waals surface area contributed by atoms with Crippen molar-refractivity contribution < 1.29 is 0 Å². The molecule has 3 heteroatoms. The van der Waals surface area contributed by atoms with Crippen LogP contribution in [0.3, 0.4) is 0 Å². The maximum Gasteiger partial charge on any atom is 0.0676 e. The lowest BCUT2D eigenvalue weighted by Gasteiger charge is -2.38. The van der Waals surface area contributed by atoms with Crippen LogP contribution in [0.4, 0.5) is 0 Å². The van der Waals surface area contributed by atoms with E-state index in [9.17, 15) is 0 Å². The fourth-order valence-corrected chi connectivity index (χ4v) is 3.21. The lowest BCUT2D eigenvalue weighted by Crippen LogP contribution is -2.43. The lowest BCUT2D eigenvalue weighted by atomic mass is 9.94. The third kappa shape index (κ3) is 2.99. The minimum absolute atomic E-state index is 0.116. The molecule has 0 radical (unpaired) electrons. The van der Waals surface area contributed by atoms with Gasteiger partial charge in [0.2, 0.25) is 0 Å². The van der Waals surface area contributed by atoms with Crippen LogP contribution in [-0.4, -0.2) is 22.5 Å². The third-order valence-corrected chi connectivity index (χ3v) is 4.42. The van der Waals surface area contributed by atoms with E-state index in [-0.39, 0.29) is 12.1 Å². The molecule has 3 nitrogen and oxygen atoms in total. The Labute approximate surface area is 126 Å². The highest BCUT2D eigenvalue weighted by Gasteiger charge is 2.29. The molecule has 21 heavy (non-hydrogen) atoms. The summed E-state index contributed by atoms with van der Waals surface area (Å²) in [6.07, 6.45) is 3.91. The van der Waals surface area contributed by atoms with Crippen molar-refractivity contribution >= 4 is 0 Å². The number of hydrogen-bond donors (Lipinski definition) is 1. The van der Waals surface area contributed by atoms with Gasteiger partial charge in [-0.2, -0.15) is 0 Å². The van der Waals surface area contributed by atoms with E-state index >= 15 is 0 Å². The van der Waals surface area contributed by atoms with Gasteiger partial charge in [0, 0.05) is 25.3 Å². The van der Waals surface area contributed by atoms with Crippen LogP contribution >= 0.6 is 0 Å². The molecule has 1 aromatic carbocycles. The smallest absolute Gasteiger partial charge is 0.0676 e. The summed E-state index contributed by atoms with van der Waals surface area (Å²) in [5, 5.41) is 0. The summed E-state index contributed by atoms with van der Waals surface area (Å²) in [6, 6.07) is 15.1. The molecule has 0 fully saturated rings. The molecule has 110 valence electrons. The van der Waals surface area contributed by atoms with Crippen molar-refractivity contribution in [1.82, 2.24) is 9.88 Å². The van der Waals surface area contributed by atoms with Crippen molar-refractivity contribution in [3.63, 3.8) is 0 Å². The zero-order valence-corrected chi connectivity index (χ0v) is 12.6. The predicted molar refractivity (Wildman–Crippen MR) is 85.8 cm³/mol. The minimum Gasteiger partial charge on any atom is -0.326 e. The van der Waals surface area contributed by atoms with Crippen LogP contribution in [0, 0.1) is 0 Å². The quantitative estimate of drug-likeness (QED) is 0.937. The van der Waals surface area contributed by atoms with Crippen LogP contribution in [0.5, 0.6) is 0 Å². The first-order chi connectivity index (χ1) is 10.3. The van der Waals surface area contributed by atoms with Gasteiger partial charge >= 0.3 is 0 Å². The largest absolute Gasteiger partial charge is 0.326 e. The van der Waals surface area contributed by atoms with Gasteiger partial charge in [-0.25, -0.2) is 0 Å². The lowest BCUT2D eigenvalue weighted by molar-refractivity contribution is 0.149. The van der Waals surface area contributed by atoms with E-state index in [1.54, 1.807) is 0 Å². The molecule has 1 aliphatic heterocycles. The summed E-state index contributed by atoms with van der Waals surface area (Å²) >= 11 is 0. The molecule has 2 heterocycles. The Balaban J connectivity index is 1.88. The summed E-state index contributed by atoms with van der Waals surface area (Å²) in [5.41, 5.74) is 10.4. The van der Waals surface area contributed by atoms with Crippen molar-refractivity contribution in [2.24, 2.45) is 5.73 Å². The van der Waals surface area contributed by atoms with Crippen LogP contribution in [0.2, 0.25) is 0 Å². The summed E-state index contributed by atoms with van der Waals surface area (Å²) in [7, 11) is 0. The Morgan fingerprint density at radius 1 is 1.14 bits per heavy atom. The van der Waals surface area contributed by atoms with Gasteiger partial charge < -0.3 is 5.73 Å². The fraction of sp³-hybridized carbons (Fsp3) is 0.389. The highest BCUT2D eigenvalue weighted by molar-refractivity contribution is 5.29. The van der Waals surface area contributed by atoms with Crippen LogP contribution in [0.25, 0.3) is 0 Å². The van der Waals surface area contributed by atoms with Gasteiger partial charge in [0.05, 0.1) is 11.7 Å². The van der Waals surface area contributed by atoms with Crippen LogP contribution in [0.1, 0.15) is 36.2 Å². The Morgan fingerprint density at radius 3 is 2.62 bits per heavy atom. The number of benzene rings is 1. The molecule has 2 N–H and O–H groups in total. The Kier molecular flexibility index (Phi) is 4.32. The highest BCUT2D eigenvalue weighted by Crippen LogP contribution is 2.29. The second kappa shape index (κ2) is 6.37. The molecular formula is C18H23N3. The number of nitrogens with two attached hydrogens (primary N) is 1. The summed E-state index contributed by atoms with van der Waals surface area (Å²) in [6.45, 7) is 4.16. The Bertz CT molecular complexity index is 582. The molecule has 0 aliphatic carbocycles. The Hall–Kier alpha value is -1.71. The van der Waals surface area contributed by atoms with Gasteiger partial charge in [0.1, 0.15) is 0 Å². The zero-order chi connectivity index (χ0) is 14.7. The van der Waals surface area contributed by atoms with Crippen molar-refractivity contribution in [3.05, 3.63) is 65.5 Å². The normalized spacial score (nSPS) is 18.0. The first-order valence-corrected chi connectivity index (χ1v) is 7.77. The Morgan fingerprint density at radius 2 is 1.90 bits per heavy atom. The second-order valence-electron chi connectivity index (χ2n) is 5.76. The first-order valence-electron chi connectivity index (χ1n) is 7.77. The van der Waals surface area contributed by atoms with E-state index in [0.717, 1.165) is 31.6 Å². The molecule has 2 unspecified atom stereocenters. The standard InChI is InChI=1S/C18H23N3/c1-2-16(19)18(17-9-5-6-11-20-17)21-12-10-14-7-3-4-8-15(14)13-21/h3-9,11,16,18H,2,10,12-13,19H2,1H3. The number of hydrogen-bond acceptors (Lipinski definition) is 3. The van der Waals surface area contributed by atoms with E-state index in [4.69, 9.17) is 5.73 Å². The molecule has 0 saturated carbocycles. The average Bonchev–Trinajstić information content (AvgIpc) is 2.56. The zero-order valence-electron chi connectivity index (χ0n) is 12.6. The van der Waals surface area contributed by atoms with Crippen molar-refractivity contribution in [2.45, 2.75) is 38.4 Å². The predicted octanol–water partition coefficient (Wildman–Crippen LogP) is 2.92. The third-order valence-electron chi connectivity index (χ3n) is 4.42. The molecule has 2 atom stereocenters. The monoisotopic (exact) mass is 281 g/mol. The second-order valence-corrected chi connectivity index (χ2v) is 5.76. The molecule has 1 aromatic heterocycles. The molecule has 0 saturated heterocycles. The highest BCUT2D eigenvalue weighted by atomic mass is 15.2. The van der Waals surface area contributed by atoms with Crippen LogP contribution in [-0.2, 0) is 13.0 Å². The molecule has 3 rings (SSSR count). The van der Waals surface area contributed by atoms with E-state index in [1.165, 1.54) is 11.1 Å². The number of fused-ring (bicyclic) bond motifs is 1. The molecule has 0 amide bonds. The van der Waals surface area contributed by atoms with Crippen molar-refractivity contribution in [2.75, 3.05) is 6.54 Å². The number of aromatic nitrogens is 1. The van der Waals surface area contributed by atoms with Crippen LogP contribution in [0.15, 0.2) is 48.7 Å². The van der Waals surface area contributed by atoms with E-state index in [0.29, 0.717) is 0 Å². The summed E-state index contributed by atoms with van der Waals surface area (Å²) < 4.78 is 0. The minimum atomic E-state index is 0.116. The SMILES string of the molecule is CCC(N)C(c1ccccn1)N1CCc2ccccc2C1. The molecular weight excluding hydrogens is 258 g/mol. The van der Waals surface area contributed by atoms with Gasteiger partial charge in [-0.3, -0.25) is 9.88 Å². The van der Waals surface area contributed by atoms with E-state index in [1.807, 2.05) is 12.3 Å². The summed E-state index contributed by atoms with van der Waals surface area (Å²) in [5.74, 6) is 0. The molecule has 0 bridgehead atoms. The summed E-state index contributed by atoms with van der Waals surface area (Å²) in [4.78, 5) is 7.04. The average molecular weight is 281 g/mol. The number of rotatable bonds is 4. The van der Waals surface area contributed by atoms with Gasteiger partial charge in [-0.05, 0) is 36.1 Å². The first kappa shape index (κ1) is 14.2. The topological polar surface area (TPSA) is 42.1 Å².